The lowest BCUT2D eigenvalue weighted by atomic mass is 10.3. The maximum Gasteiger partial charge on any atom is 0.133 e. The van der Waals surface area contributed by atoms with E-state index in [2.05, 4.69) is 31.9 Å². The Labute approximate surface area is 144 Å². The number of halogens is 3. The van der Waals surface area contributed by atoms with Crippen molar-refractivity contribution in [2.45, 2.75) is 4.90 Å². The summed E-state index contributed by atoms with van der Waals surface area (Å²) >= 11 is 14.5. The van der Waals surface area contributed by atoms with Gasteiger partial charge < -0.3 is 10.5 Å². The first-order valence-corrected chi connectivity index (χ1v) is 8.77. The molecule has 0 spiro atoms. The van der Waals surface area contributed by atoms with Crippen LogP contribution in [0.25, 0.3) is 0 Å². The third-order valence-corrected chi connectivity index (χ3v) is 5.26. The Bertz CT molecular complexity index is 556. The summed E-state index contributed by atoms with van der Waals surface area (Å²) in [6.45, 7) is 0.613. The molecule has 0 unspecified atom stereocenters. The molecule has 0 saturated carbocycles. The summed E-state index contributed by atoms with van der Waals surface area (Å²) in [6.07, 6.45) is 0. The molecule has 20 heavy (non-hydrogen) atoms. The van der Waals surface area contributed by atoms with Gasteiger partial charge in [0.2, 0.25) is 0 Å². The first-order valence-electron chi connectivity index (χ1n) is 5.82. The maximum atomic E-state index is 5.88. The monoisotopic (exact) mass is 435 g/mol. The standard InChI is InChI=1S/C14H12Br2ClNOS/c15-11-7-9(17)1-3-13(11)19-5-6-20-14-4-2-10(18)8-12(14)16/h1-4,7-8H,5-6,18H2. The highest BCUT2D eigenvalue weighted by atomic mass is 79.9. The van der Waals surface area contributed by atoms with Crippen LogP contribution in [-0.4, -0.2) is 12.4 Å². The van der Waals surface area contributed by atoms with E-state index < -0.39 is 0 Å². The normalized spacial score (nSPS) is 10.6. The Hall–Kier alpha value is -0.360. The van der Waals surface area contributed by atoms with Crippen molar-refractivity contribution in [2.75, 3.05) is 18.1 Å². The summed E-state index contributed by atoms with van der Waals surface area (Å²) in [5.41, 5.74) is 6.46. The van der Waals surface area contributed by atoms with E-state index in [1.807, 2.05) is 36.4 Å². The van der Waals surface area contributed by atoms with E-state index in [-0.39, 0.29) is 0 Å². The van der Waals surface area contributed by atoms with Crippen LogP contribution in [0.4, 0.5) is 5.69 Å². The second kappa shape index (κ2) is 7.59. The van der Waals surface area contributed by atoms with Gasteiger partial charge in [0.15, 0.2) is 0 Å². The van der Waals surface area contributed by atoms with Crippen LogP contribution >= 0.6 is 55.2 Å². The Morgan fingerprint density at radius 1 is 1.10 bits per heavy atom. The molecule has 0 bridgehead atoms. The van der Waals surface area contributed by atoms with Gasteiger partial charge in [-0.3, -0.25) is 0 Å². The molecule has 2 nitrogen and oxygen atoms in total. The third-order valence-electron chi connectivity index (χ3n) is 2.45. The van der Waals surface area contributed by atoms with Gasteiger partial charge in [-0.05, 0) is 68.3 Å². The number of thioether (sulfide) groups is 1. The van der Waals surface area contributed by atoms with Crippen LogP contribution in [0.15, 0.2) is 50.2 Å². The summed E-state index contributed by atoms with van der Waals surface area (Å²) in [6, 6.07) is 11.3. The fraction of sp³-hybridized carbons (Fsp3) is 0.143. The van der Waals surface area contributed by atoms with E-state index in [1.165, 1.54) is 0 Å². The molecule has 0 fully saturated rings. The topological polar surface area (TPSA) is 35.2 Å². The molecule has 0 radical (unpaired) electrons. The van der Waals surface area contributed by atoms with Crippen molar-refractivity contribution in [1.29, 1.82) is 0 Å². The average Bonchev–Trinajstić information content (AvgIpc) is 2.39. The summed E-state index contributed by atoms with van der Waals surface area (Å²) in [4.78, 5) is 1.15. The van der Waals surface area contributed by atoms with E-state index in [0.29, 0.717) is 11.6 Å². The molecule has 0 saturated heterocycles. The van der Waals surface area contributed by atoms with Crippen molar-refractivity contribution in [3.05, 3.63) is 50.4 Å². The van der Waals surface area contributed by atoms with Gasteiger partial charge in [0.25, 0.3) is 0 Å². The highest BCUT2D eigenvalue weighted by molar-refractivity contribution is 9.10. The lowest BCUT2D eigenvalue weighted by Crippen LogP contribution is -2.00. The van der Waals surface area contributed by atoms with Crippen LogP contribution in [0, 0.1) is 0 Å². The van der Waals surface area contributed by atoms with E-state index in [4.69, 9.17) is 22.1 Å². The van der Waals surface area contributed by atoms with Gasteiger partial charge in [-0.25, -0.2) is 0 Å². The van der Waals surface area contributed by atoms with Crippen molar-refractivity contribution < 1.29 is 4.74 Å². The zero-order valence-electron chi connectivity index (χ0n) is 10.4. The lowest BCUT2D eigenvalue weighted by Gasteiger charge is -2.09. The first kappa shape index (κ1) is 16.0. The lowest BCUT2D eigenvalue weighted by molar-refractivity contribution is 0.342. The quantitative estimate of drug-likeness (QED) is 0.375. The Morgan fingerprint density at radius 3 is 2.60 bits per heavy atom. The van der Waals surface area contributed by atoms with E-state index in [1.54, 1.807) is 11.8 Å². The van der Waals surface area contributed by atoms with Gasteiger partial charge in [0, 0.05) is 25.8 Å². The zero-order valence-corrected chi connectivity index (χ0v) is 15.2. The van der Waals surface area contributed by atoms with Crippen LogP contribution in [0.5, 0.6) is 5.75 Å². The highest BCUT2D eigenvalue weighted by Gasteiger charge is 2.04. The first-order chi connectivity index (χ1) is 9.56. The molecule has 0 heterocycles. The predicted molar refractivity (Wildman–Crippen MR) is 93.9 cm³/mol. The molecule has 0 atom stereocenters. The maximum absolute atomic E-state index is 5.88. The van der Waals surface area contributed by atoms with Gasteiger partial charge in [-0.15, -0.1) is 11.8 Å². The molecular formula is C14H12Br2ClNOS. The van der Waals surface area contributed by atoms with Crippen molar-refractivity contribution in [3.63, 3.8) is 0 Å². The molecule has 0 amide bonds. The third kappa shape index (κ3) is 4.58. The van der Waals surface area contributed by atoms with Crippen LogP contribution < -0.4 is 10.5 Å². The smallest absolute Gasteiger partial charge is 0.133 e. The van der Waals surface area contributed by atoms with Gasteiger partial charge in [-0.1, -0.05) is 11.6 Å². The van der Waals surface area contributed by atoms with Crippen molar-refractivity contribution >= 4 is 60.9 Å². The minimum atomic E-state index is 0.613. The number of ether oxygens (including phenoxy) is 1. The van der Waals surface area contributed by atoms with Gasteiger partial charge in [-0.2, -0.15) is 0 Å². The number of rotatable bonds is 5. The van der Waals surface area contributed by atoms with Gasteiger partial charge in [0.1, 0.15) is 5.75 Å². The van der Waals surface area contributed by atoms with E-state index in [0.717, 1.165) is 31.0 Å². The van der Waals surface area contributed by atoms with E-state index in [9.17, 15) is 0 Å². The highest BCUT2D eigenvalue weighted by Crippen LogP contribution is 2.30. The molecule has 0 aliphatic carbocycles. The van der Waals surface area contributed by atoms with E-state index >= 15 is 0 Å². The molecule has 2 aromatic rings. The molecule has 2 aromatic carbocycles. The van der Waals surface area contributed by atoms with Crippen LogP contribution in [0.2, 0.25) is 5.02 Å². The minimum Gasteiger partial charge on any atom is -0.492 e. The molecule has 6 heteroatoms. The summed E-state index contributed by atoms with van der Waals surface area (Å²) in [5.74, 6) is 1.64. The molecule has 2 rings (SSSR count). The van der Waals surface area contributed by atoms with Gasteiger partial charge >= 0.3 is 0 Å². The second-order valence-electron chi connectivity index (χ2n) is 3.96. The second-order valence-corrected chi connectivity index (χ2v) is 7.24. The largest absolute Gasteiger partial charge is 0.492 e. The zero-order chi connectivity index (χ0) is 14.5. The van der Waals surface area contributed by atoms with Crippen molar-refractivity contribution in [2.24, 2.45) is 0 Å². The fourth-order valence-corrected chi connectivity index (χ4v) is 3.81. The molecule has 0 aliphatic heterocycles. The molecule has 106 valence electrons. The predicted octanol–water partition coefficient (Wildman–Crippen LogP) is 5.62. The Kier molecular flexibility index (Phi) is 6.08. The number of hydrogen-bond acceptors (Lipinski definition) is 3. The fourth-order valence-electron chi connectivity index (χ4n) is 1.53. The molecule has 0 aromatic heterocycles. The number of nitrogen functional groups attached to an aromatic ring is 1. The Balaban J connectivity index is 1.84. The van der Waals surface area contributed by atoms with Crippen LogP contribution in [0.3, 0.4) is 0 Å². The number of nitrogens with two attached hydrogens (primary N) is 1. The Morgan fingerprint density at radius 2 is 1.90 bits per heavy atom. The van der Waals surface area contributed by atoms with Gasteiger partial charge in [0.05, 0.1) is 11.1 Å². The molecular weight excluding hydrogens is 425 g/mol. The van der Waals surface area contributed by atoms with Crippen LogP contribution in [0.1, 0.15) is 0 Å². The van der Waals surface area contributed by atoms with Crippen molar-refractivity contribution in [1.82, 2.24) is 0 Å². The molecule has 2 N–H and O–H groups in total. The van der Waals surface area contributed by atoms with Crippen molar-refractivity contribution in [3.8, 4) is 5.75 Å². The summed E-state index contributed by atoms with van der Waals surface area (Å²) in [7, 11) is 0. The minimum absolute atomic E-state index is 0.613. The summed E-state index contributed by atoms with van der Waals surface area (Å²) in [5, 5.41) is 0.685. The average molecular weight is 438 g/mol. The number of benzene rings is 2. The molecule has 0 aliphatic rings. The number of anilines is 1. The SMILES string of the molecule is Nc1ccc(SCCOc2ccc(Cl)cc2Br)c(Br)c1. The summed E-state index contributed by atoms with van der Waals surface area (Å²) < 4.78 is 7.58. The number of hydrogen-bond donors (Lipinski definition) is 1. The van der Waals surface area contributed by atoms with Crippen LogP contribution in [-0.2, 0) is 0 Å².